The Morgan fingerprint density at radius 1 is 1.67 bits per heavy atom. The topological polar surface area (TPSA) is 59.8 Å². The van der Waals surface area contributed by atoms with Gasteiger partial charge < -0.3 is 0 Å². The van der Waals surface area contributed by atoms with Crippen molar-refractivity contribution in [2.24, 2.45) is 0 Å². The van der Waals surface area contributed by atoms with E-state index in [1.807, 2.05) is 12.3 Å². The van der Waals surface area contributed by atoms with Gasteiger partial charge in [-0.1, -0.05) is 6.92 Å². The van der Waals surface area contributed by atoms with Gasteiger partial charge in [-0.2, -0.15) is 0 Å². The molecule has 0 unspecified atom stereocenters. The summed E-state index contributed by atoms with van der Waals surface area (Å²) in [5, 5.41) is 5.24. The van der Waals surface area contributed by atoms with E-state index in [-0.39, 0.29) is 6.03 Å². The number of hydrogen-bond acceptors (Lipinski definition) is 4. The Balaban J connectivity index is 2.06. The van der Waals surface area contributed by atoms with E-state index in [2.05, 4.69) is 15.3 Å². The van der Waals surface area contributed by atoms with Gasteiger partial charge in [0.2, 0.25) is 0 Å². The number of anilines is 1. The number of carbonyl (C=O) groups is 1. The molecule has 5 nitrogen and oxygen atoms in total. The zero-order valence-electron chi connectivity index (χ0n) is 8.17. The van der Waals surface area contributed by atoms with Crippen LogP contribution in [-0.2, 0) is 6.42 Å². The van der Waals surface area contributed by atoms with E-state index in [0.29, 0.717) is 5.13 Å². The molecule has 6 heteroatoms. The average Bonchev–Trinajstić information content (AvgIpc) is 2.87. The molecule has 15 heavy (non-hydrogen) atoms. The molecule has 0 aliphatic rings. The van der Waals surface area contributed by atoms with Crippen LogP contribution in [0.3, 0.4) is 0 Å². The van der Waals surface area contributed by atoms with Crippen LogP contribution in [0.1, 0.15) is 12.6 Å². The molecule has 78 valence electrons. The number of imidazole rings is 1. The van der Waals surface area contributed by atoms with Crippen LogP contribution in [-0.4, -0.2) is 20.6 Å². The maximum Gasteiger partial charge on any atom is 0.333 e. The first kappa shape index (κ1) is 9.85. The molecule has 0 aliphatic heterocycles. The first-order chi connectivity index (χ1) is 7.29. The highest BCUT2D eigenvalue weighted by Gasteiger charge is 2.06. The van der Waals surface area contributed by atoms with Gasteiger partial charge in [0, 0.05) is 17.8 Å². The number of hydrogen-bond donors (Lipinski definition) is 1. The summed E-state index contributed by atoms with van der Waals surface area (Å²) in [5.74, 6) is 0. The summed E-state index contributed by atoms with van der Waals surface area (Å²) < 4.78 is 1.37. The highest BCUT2D eigenvalue weighted by molar-refractivity contribution is 7.13. The van der Waals surface area contributed by atoms with Crippen molar-refractivity contribution < 1.29 is 4.79 Å². The van der Waals surface area contributed by atoms with Crippen LogP contribution in [0, 0.1) is 0 Å². The smallest absolute Gasteiger partial charge is 0.283 e. The Kier molecular flexibility index (Phi) is 2.77. The monoisotopic (exact) mass is 222 g/mol. The summed E-state index contributed by atoms with van der Waals surface area (Å²) >= 11 is 1.42. The summed E-state index contributed by atoms with van der Waals surface area (Å²) in [6.07, 6.45) is 5.46. The van der Waals surface area contributed by atoms with Crippen LogP contribution in [0.5, 0.6) is 0 Å². The van der Waals surface area contributed by atoms with Gasteiger partial charge >= 0.3 is 6.03 Å². The van der Waals surface area contributed by atoms with Gasteiger partial charge in [0.05, 0.1) is 5.69 Å². The molecule has 0 bridgehead atoms. The van der Waals surface area contributed by atoms with E-state index < -0.39 is 0 Å². The third-order valence-electron chi connectivity index (χ3n) is 1.87. The van der Waals surface area contributed by atoms with Crippen molar-refractivity contribution in [2.75, 3.05) is 5.32 Å². The zero-order valence-corrected chi connectivity index (χ0v) is 8.99. The lowest BCUT2D eigenvalue weighted by molar-refractivity contribution is 0.253. The fourth-order valence-electron chi connectivity index (χ4n) is 1.06. The molecule has 2 aromatic rings. The van der Waals surface area contributed by atoms with Crippen molar-refractivity contribution in [1.29, 1.82) is 0 Å². The normalized spacial score (nSPS) is 10.2. The lowest BCUT2D eigenvalue weighted by atomic mass is 10.4. The number of aryl methyl sites for hydroxylation is 1. The second kappa shape index (κ2) is 4.22. The van der Waals surface area contributed by atoms with Gasteiger partial charge in [-0.15, -0.1) is 11.3 Å². The molecule has 0 atom stereocenters. The Morgan fingerprint density at radius 3 is 3.13 bits per heavy atom. The van der Waals surface area contributed by atoms with Crippen LogP contribution >= 0.6 is 11.3 Å². The van der Waals surface area contributed by atoms with E-state index in [4.69, 9.17) is 0 Å². The highest BCUT2D eigenvalue weighted by Crippen LogP contribution is 2.15. The molecule has 2 heterocycles. The van der Waals surface area contributed by atoms with Gasteiger partial charge in [0.25, 0.3) is 0 Å². The van der Waals surface area contributed by atoms with Gasteiger partial charge in [-0.05, 0) is 6.42 Å². The largest absolute Gasteiger partial charge is 0.333 e. The Labute approximate surface area is 90.8 Å². The van der Waals surface area contributed by atoms with Crippen molar-refractivity contribution in [3.8, 4) is 0 Å². The van der Waals surface area contributed by atoms with Gasteiger partial charge in [0.15, 0.2) is 5.13 Å². The molecule has 1 amide bonds. The minimum absolute atomic E-state index is 0.246. The van der Waals surface area contributed by atoms with E-state index >= 15 is 0 Å². The predicted octanol–water partition coefficient (Wildman–Crippen LogP) is 1.98. The second-order valence-electron chi connectivity index (χ2n) is 2.90. The van der Waals surface area contributed by atoms with E-state index in [9.17, 15) is 4.79 Å². The van der Waals surface area contributed by atoms with E-state index in [1.165, 1.54) is 22.2 Å². The van der Waals surface area contributed by atoms with Crippen molar-refractivity contribution in [3.05, 3.63) is 29.8 Å². The molecular weight excluding hydrogens is 212 g/mol. The molecular formula is C9H10N4OS. The Bertz CT molecular complexity index is 448. The number of rotatable bonds is 2. The van der Waals surface area contributed by atoms with Crippen LogP contribution < -0.4 is 5.32 Å². The van der Waals surface area contributed by atoms with E-state index in [0.717, 1.165) is 12.1 Å². The summed E-state index contributed by atoms with van der Waals surface area (Å²) in [6.45, 7) is 2.02. The summed E-state index contributed by atoms with van der Waals surface area (Å²) in [4.78, 5) is 19.6. The number of carbonyl (C=O) groups excluding carboxylic acids is 1. The van der Waals surface area contributed by atoms with Crippen LogP contribution in [0.4, 0.5) is 9.93 Å². The maximum absolute atomic E-state index is 11.6. The number of thiazole rings is 1. The molecule has 0 fully saturated rings. The molecule has 0 spiro atoms. The average molecular weight is 222 g/mol. The molecule has 2 aromatic heterocycles. The number of nitrogens with zero attached hydrogens (tertiary/aromatic N) is 3. The molecule has 0 aliphatic carbocycles. The maximum atomic E-state index is 11.6. The zero-order chi connectivity index (χ0) is 10.7. The predicted molar refractivity (Wildman–Crippen MR) is 58.1 cm³/mol. The molecule has 0 aromatic carbocycles. The summed E-state index contributed by atoms with van der Waals surface area (Å²) in [6, 6.07) is -0.246. The quantitative estimate of drug-likeness (QED) is 0.845. The number of amides is 1. The molecule has 0 saturated heterocycles. The van der Waals surface area contributed by atoms with Crippen LogP contribution in [0.15, 0.2) is 24.1 Å². The van der Waals surface area contributed by atoms with Gasteiger partial charge in [-0.25, -0.2) is 14.8 Å². The minimum atomic E-state index is -0.246. The third kappa shape index (κ3) is 2.21. The van der Waals surface area contributed by atoms with Gasteiger partial charge in [0.1, 0.15) is 6.33 Å². The standard InChI is InChI=1S/C9H10N4OS/c1-2-7-5-15-8(11-7)12-9(14)13-4-3-10-6-13/h3-6H,2H2,1H3,(H,11,12,14). The minimum Gasteiger partial charge on any atom is -0.283 e. The second-order valence-corrected chi connectivity index (χ2v) is 3.76. The molecule has 1 N–H and O–H groups in total. The Hall–Kier alpha value is -1.69. The Morgan fingerprint density at radius 2 is 2.53 bits per heavy atom. The van der Waals surface area contributed by atoms with Crippen molar-refractivity contribution in [3.63, 3.8) is 0 Å². The lowest BCUT2D eigenvalue weighted by Gasteiger charge is -2.00. The fraction of sp³-hybridized carbons (Fsp3) is 0.222. The SMILES string of the molecule is CCc1csc(NC(=O)n2ccnc2)n1. The first-order valence-electron chi connectivity index (χ1n) is 4.53. The van der Waals surface area contributed by atoms with Crippen LogP contribution in [0.2, 0.25) is 0 Å². The van der Waals surface area contributed by atoms with E-state index in [1.54, 1.807) is 12.4 Å². The molecule has 2 rings (SSSR count). The van der Waals surface area contributed by atoms with Crippen molar-refractivity contribution in [2.45, 2.75) is 13.3 Å². The van der Waals surface area contributed by atoms with Gasteiger partial charge in [-0.3, -0.25) is 9.88 Å². The van der Waals surface area contributed by atoms with Crippen molar-refractivity contribution in [1.82, 2.24) is 14.5 Å². The third-order valence-corrected chi connectivity index (χ3v) is 2.67. The summed E-state index contributed by atoms with van der Waals surface area (Å²) in [7, 11) is 0. The molecule has 0 radical (unpaired) electrons. The fourth-order valence-corrected chi connectivity index (χ4v) is 1.85. The van der Waals surface area contributed by atoms with Crippen molar-refractivity contribution >= 4 is 22.5 Å². The lowest BCUT2D eigenvalue weighted by Crippen LogP contribution is -2.17. The van der Waals surface area contributed by atoms with Crippen LogP contribution in [0.25, 0.3) is 0 Å². The highest BCUT2D eigenvalue weighted by atomic mass is 32.1. The number of aromatic nitrogens is 3. The summed E-state index contributed by atoms with van der Waals surface area (Å²) in [5.41, 5.74) is 0.987. The molecule has 0 saturated carbocycles. The number of nitrogens with one attached hydrogen (secondary N) is 1. The first-order valence-corrected chi connectivity index (χ1v) is 5.41.